The Bertz CT molecular complexity index is 698. The van der Waals surface area contributed by atoms with Gasteiger partial charge in [-0.1, -0.05) is 25.6 Å². The molecule has 7 heteroatoms. The summed E-state index contributed by atoms with van der Waals surface area (Å²) in [4.78, 5) is 8.44. The highest BCUT2D eigenvalue weighted by atomic mass is 32.2. The summed E-state index contributed by atoms with van der Waals surface area (Å²) in [5.41, 5.74) is 6.43. The lowest BCUT2D eigenvalue weighted by molar-refractivity contribution is 0.299. The highest BCUT2D eigenvalue weighted by molar-refractivity contribution is 7.99. The number of thioether (sulfide) groups is 1. The lowest BCUT2D eigenvalue weighted by Crippen LogP contribution is -2.08. The highest BCUT2D eigenvalue weighted by Crippen LogP contribution is 2.23. The van der Waals surface area contributed by atoms with Gasteiger partial charge in [0.25, 0.3) is 0 Å². The number of rotatable bonds is 5. The Morgan fingerprint density at radius 3 is 2.59 bits per heavy atom. The maximum atomic E-state index is 12.9. The molecule has 0 bridgehead atoms. The molecule has 0 atom stereocenters. The number of anilines is 1. The molecule has 0 aliphatic heterocycles. The number of halogens is 1. The molecule has 0 fully saturated rings. The average Bonchev–Trinajstić information content (AvgIpc) is 2.45. The Morgan fingerprint density at radius 2 is 2.00 bits per heavy atom. The Morgan fingerprint density at radius 1 is 1.32 bits per heavy atom. The third-order valence-electron chi connectivity index (χ3n) is 2.63. The van der Waals surface area contributed by atoms with Crippen molar-refractivity contribution in [1.82, 2.24) is 9.97 Å². The second-order valence-corrected chi connectivity index (χ2v) is 6.28. The molecule has 0 aliphatic rings. The minimum Gasteiger partial charge on any atom is -0.487 e. The van der Waals surface area contributed by atoms with Gasteiger partial charge < -0.3 is 10.5 Å². The minimum atomic E-state index is -0.341. The Kier molecular flexibility index (Phi) is 5.17. The standard InChI is InChI=1S/C15H15FN4OS/c1-9(2)22-15-19-13(12(7-17)14(18)20-15)8-21-11-5-3-10(16)4-6-11/h3-6,9H,8H2,1-2H3,(H2,18,19,20). The van der Waals surface area contributed by atoms with Crippen molar-refractivity contribution >= 4 is 17.6 Å². The molecule has 2 N–H and O–H groups in total. The largest absolute Gasteiger partial charge is 0.487 e. The SMILES string of the molecule is CC(C)Sc1nc(N)c(C#N)c(COc2ccc(F)cc2)n1. The monoisotopic (exact) mass is 318 g/mol. The Balaban J connectivity index is 2.22. The molecule has 0 saturated heterocycles. The van der Waals surface area contributed by atoms with E-state index in [0.717, 1.165) is 0 Å². The van der Waals surface area contributed by atoms with Gasteiger partial charge in [0.2, 0.25) is 0 Å². The van der Waals surface area contributed by atoms with Crippen LogP contribution in [0.2, 0.25) is 0 Å². The molecular weight excluding hydrogens is 303 g/mol. The summed E-state index contributed by atoms with van der Waals surface area (Å²) in [7, 11) is 0. The Hall–Kier alpha value is -2.33. The number of benzene rings is 1. The lowest BCUT2D eigenvalue weighted by Gasteiger charge is -2.11. The van der Waals surface area contributed by atoms with Gasteiger partial charge in [-0.15, -0.1) is 0 Å². The Labute approximate surface area is 132 Å². The number of nitrogens with zero attached hydrogens (tertiary/aromatic N) is 3. The van der Waals surface area contributed by atoms with Crippen molar-refractivity contribution in [3.63, 3.8) is 0 Å². The van der Waals surface area contributed by atoms with Crippen LogP contribution in [0.3, 0.4) is 0 Å². The number of aromatic nitrogens is 2. The summed E-state index contributed by atoms with van der Waals surface area (Å²) in [6.07, 6.45) is 0. The van der Waals surface area contributed by atoms with Crippen LogP contribution in [0.1, 0.15) is 25.1 Å². The molecule has 0 saturated carbocycles. The third kappa shape index (κ3) is 4.09. The van der Waals surface area contributed by atoms with Crippen molar-refractivity contribution in [1.29, 1.82) is 5.26 Å². The average molecular weight is 318 g/mol. The first-order valence-corrected chi connectivity index (χ1v) is 7.49. The van der Waals surface area contributed by atoms with Crippen LogP contribution in [-0.2, 0) is 6.61 Å². The maximum absolute atomic E-state index is 12.9. The van der Waals surface area contributed by atoms with Gasteiger partial charge in [0.15, 0.2) is 5.16 Å². The third-order valence-corrected chi connectivity index (χ3v) is 3.50. The maximum Gasteiger partial charge on any atom is 0.190 e. The van der Waals surface area contributed by atoms with Gasteiger partial charge in [0.1, 0.15) is 41.3 Å². The van der Waals surface area contributed by atoms with Crippen molar-refractivity contribution in [3.8, 4) is 11.8 Å². The molecule has 2 rings (SSSR count). The number of nitrogens with two attached hydrogens (primary N) is 1. The molecule has 114 valence electrons. The summed E-state index contributed by atoms with van der Waals surface area (Å²) in [6.45, 7) is 4.08. The molecule has 1 aromatic heterocycles. The van der Waals surface area contributed by atoms with Crippen LogP contribution >= 0.6 is 11.8 Å². The van der Waals surface area contributed by atoms with Gasteiger partial charge in [-0.3, -0.25) is 0 Å². The normalized spacial score (nSPS) is 10.5. The van der Waals surface area contributed by atoms with E-state index in [2.05, 4.69) is 9.97 Å². The van der Waals surface area contributed by atoms with E-state index in [-0.39, 0.29) is 23.8 Å². The fourth-order valence-corrected chi connectivity index (χ4v) is 2.41. The van der Waals surface area contributed by atoms with E-state index < -0.39 is 0 Å². The molecule has 0 unspecified atom stereocenters. The lowest BCUT2D eigenvalue weighted by atomic mass is 10.2. The van der Waals surface area contributed by atoms with Crippen LogP contribution in [-0.4, -0.2) is 15.2 Å². The zero-order valence-corrected chi connectivity index (χ0v) is 13.0. The number of hydrogen-bond acceptors (Lipinski definition) is 6. The topological polar surface area (TPSA) is 84.8 Å². The molecule has 0 amide bonds. The highest BCUT2D eigenvalue weighted by Gasteiger charge is 2.14. The first kappa shape index (κ1) is 16.0. The zero-order valence-electron chi connectivity index (χ0n) is 12.2. The predicted molar refractivity (Wildman–Crippen MR) is 82.9 cm³/mol. The van der Waals surface area contributed by atoms with Crippen LogP contribution < -0.4 is 10.5 Å². The molecular formula is C15H15FN4OS. The van der Waals surface area contributed by atoms with Crippen LogP contribution in [0, 0.1) is 17.1 Å². The van der Waals surface area contributed by atoms with Gasteiger partial charge in [0, 0.05) is 5.25 Å². The quantitative estimate of drug-likeness (QED) is 0.673. The summed E-state index contributed by atoms with van der Waals surface area (Å²) < 4.78 is 18.4. The first-order valence-electron chi connectivity index (χ1n) is 6.61. The van der Waals surface area contributed by atoms with Crippen LogP contribution in [0.5, 0.6) is 5.75 Å². The van der Waals surface area contributed by atoms with Crippen LogP contribution in [0.25, 0.3) is 0 Å². The smallest absolute Gasteiger partial charge is 0.190 e. The first-order chi connectivity index (χ1) is 10.5. The minimum absolute atomic E-state index is 0.0624. The number of nitriles is 1. The second-order valence-electron chi connectivity index (χ2n) is 4.73. The van der Waals surface area contributed by atoms with Gasteiger partial charge in [-0.2, -0.15) is 5.26 Å². The molecule has 1 heterocycles. The van der Waals surface area contributed by atoms with Crippen molar-refractivity contribution in [2.24, 2.45) is 0 Å². The van der Waals surface area contributed by atoms with Gasteiger partial charge in [-0.05, 0) is 24.3 Å². The van der Waals surface area contributed by atoms with Crippen molar-refractivity contribution in [2.75, 3.05) is 5.73 Å². The number of hydrogen-bond donors (Lipinski definition) is 1. The van der Waals surface area contributed by atoms with E-state index in [1.807, 2.05) is 19.9 Å². The van der Waals surface area contributed by atoms with Crippen LogP contribution in [0.4, 0.5) is 10.2 Å². The van der Waals surface area contributed by atoms with E-state index in [4.69, 9.17) is 10.5 Å². The van der Waals surface area contributed by atoms with Gasteiger partial charge in [0.05, 0.1) is 0 Å². The molecule has 0 aliphatic carbocycles. The molecule has 5 nitrogen and oxygen atoms in total. The molecule has 1 aromatic carbocycles. The fraction of sp³-hybridized carbons (Fsp3) is 0.267. The second kappa shape index (κ2) is 7.09. The van der Waals surface area contributed by atoms with Crippen molar-refractivity contribution < 1.29 is 9.13 Å². The van der Waals surface area contributed by atoms with Crippen molar-refractivity contribution in [2.45, 2.75) is 30.9 Å². The summed E-state index contributed by atoms with van der Waals surface area (Å²) in [5.74, 6) is 0.283. The zero-order chi connectivity index (χ0) is 16.1. The van der Waals surface area contributed by atoms with E-state index in [0.29, 0.717) is 21.8 Å². The number of nitrogen functional groups attached to an aromatic ring is 1. The van der Waals surface area contributed by atoms with E-state index >= 15 is 0 Å². The molecule has 0 radical (unpaired) electrons. The summed E-state index contributed by atoms with van der Waals surface area (Å²) >= 11 is 1.45. The predicted octanol–water partition coefficient (Wildman–Crippen LogP) is 3.15. The molecule has 2 aromatic rings. The van der Waals surface area contributed by atoms with E-state index in [9.17, 15) is 9.65 Å². The van der Waals surface area contributed by atoms with Gasteiger partial charge in [-0.25, -0.2) is 14.4 Å². The summed E-state index contributed by atoms with van der Waals surface area (Å²) in [5, 5.41) is 9.98. The molecule has 0 spiro atoms. The fourth-order valence-electron chi connectivity index (χ4n) is 1.68. The van der Waals surface area contributed by atoms with E-state index in [1.165, 1.54) is 36.0 Å². The molecule has 22 heavy (non-hydrogen) atoms. The van der Waals surface area contributed by atoms with E-state index in [1.54, 1.807) is 0 Å². The van der Waals surface area contributed by atoms with Crippen LogP contribution in [0.15, 0.2) is 29.4 Å². The number of ether oxygens (including phenoxy) is 1. The van der Waals surface area contributed by atoms with Crippen molar-refractivity contribution in [3.05, 3.63) is 41.3 Å². The van der Waals surface area contributed by atoms with Gasteiger partial charge >= 0.3 is 0 Å². The summed E-state index contributed by atoms with van der Waals surface area (Å²) in [6, 6.07) is 7.61.